The summed E-state index contributed by atoms with van der Waals surface area (Å²) in [5, 5.41) is 17.7. The van der Waals surface area contributed by atoms with Gasteiger partial charge < -0.3 is 5.11 Å². The predicted molar refractivity (Wildman–Crippen MR) is 50.9 cm³/mol. The van der Waals surface area contributed by atoms with E-state index in [9.17, 15) is 5.11 Å². The fourth-order valence-corrected chi connectivity index (χ4v) is 1.22. The van der Waals surface area contributed by atoms with Crippen LogP contribution in [0.15, 0.2) is 30.3 Å². The summed E-state index contributed by atoms with van der Waals surface area (Å²) < 4.78 is 0. The van der Waals surface area contributed by atoms with Crippen LogP contribution in [0.4, 0.5) is 0 Å². The van der Waals surface area contributed by atoms with Crippen LogP contribution in [0, 0.1) is 17.2 Å². The Labute approximate surface area is 78.4 Å². The lowest BCUT2D eigenvalue weighted by molar-refractivity contribution is 0.169. The Morgan fingerprint density at radius 3 is 2.54 bits per heavy atom. The molecule has 0 fully saturated rings. The first kappa shape index (κ1) is 9.76. The van der Waals surface area contributed by atoms with Gasteiger partial charge in [-0.2, -0.15) is 5.26 Å². The molecule has 0 aliphatic heterocycles. The molecule has 0 heterocycles. The second kappa shape index (κ2) is 4.64. The maximum absolute atomic E-state index is 9.23. The Balaban J connectivity index is 2.56. The molecule has 0 saturated heterocycles. The van der Waals surface area contributed by atoms with Gasteiger partial charge in [-0.25, -0.2) is 0 Å². The van der Waals surface area contributed by atoms with Crippen LogP contribution in [0.3, 0.4) is 0 Å². The summed E-state index contributed by atoms with van der Waals surface area (Å²) in [6, 6.07) is 11.7. The van der Waals surface area contributed by atoms with Gasteiger partial charge in [-0.3, -0.25) is 0 Å². The Bertz CT molecular complexity index is 289. The molecule has 13 heavy (non-hydrogen) atoms. The number of rotatable bonds is 3. The van der Waals surface area contributed by atoms with E-state index >= 15 is 0 Å². The van der Waals surface area contributed by atoms with Gasteiger partial charge in [-0.05, 0) is 17.9 Å². The summed E-state index contributed by atoms with van der Waals surface area (Å²) in [5.41, 5.74) is 1.16. The zero-order valence-electron chi connectivity index (χ0n) is 7.64. The molecule has 0 bridgehead atoms. The third-order valence-corrected chi connectivity index (χ3v) is 2.07. The number of aliphatic hydroxyl groups is 1. The molecule has 1 aromatic rings. The lowest BCUT2D eigenvalue weighted by Crippen LogP contribution is -2.17. The van der Waals surface area contributed by atoms with Crippen molar-refractivity contribution in [2.45, 2.75) is 19.4 Å². The van der Waals surface area contributed by atoms with Crippen LogP contribution >= 0.6 is 0 Å². The smallest absolute Gasteiger partial charge is 0.143 e. The minimum absolute atomic E-state index is 0.00704. The molecular weight excluding hydrogens is 162 g/mol. The molecule has 1 aromatic carbocycles. The summed E-state index contributed by atoms with van der Waals surface area (Å²) in [6.45, 7) is 1.88. The monoisotopic (exact) mass is 175 g/mol. The van der Waals surface area contributed by atoms with E-state index in [4.69, 9.17) is 5.26 Å². The van der Waals surface area contributed by atoms with Crippen LogP contribution in [0.1, 0.15) is 12.5 Å². The molecule has 1 rings (SSSR count). The minimum atomic E-state index is -0.861. The number of hydrogen-bond acceptors (Lipinski definition) is 2. The lowest BCUT2D eigenvalue weighted by atomic mass is 9.97. The van der Waals surface area contributed by atoms with Gasteiger partial charge in [0, 0.05) is 0 Å². The molecule has 0 spiro atoms. The van der Waals surface area contributed by atoms with Gasteiger partial charge in [-0.15, -0.1) is 0 Å². The van der Waals surface area contributed by atoms with E-state index in [0.717, 1.165) is 12.0 Å². The highest BCUT2D eigenvalue weighted by Gasteiger charge is 2.12. The highest BCUT2D eigenvalue weighted by atomic mass is 16.3. The largest absolute Gasteiger partial charge is 0.378 e. The highest BCUT2D eigenvalue weighted by Crippen LogP contribution is 2.11. The van der Waals surface area contributed by atoms with E-state index < -0.39 is 6.10 Å². The second-order valence-electron chi connectivity index (χ2n) is 3.24. The molecule has 0 aromatic heterocycles. The van der Waals surface area contributed by atoms with E-state index in [1.807, 2.05) is 43.3 Å². The first-order valence-corrected chi connectivity index (χ1v) is 4.35. The SMILES string of the molecule is CC(Cc1ccccc1)C(O)C#N. The van der Waals surface area contributed by atoms with Crippen molar-refractivity contribution >= 4 is 0 Å². The van der Waals surface area contributed by atoms with Crippen LogP contribution in [-0.2, 0) is 6.42 Å². The number of hydrogen-bond donors (Lipinski definition) is 1. The van der Waals surface area contributed by atoms with Gasteiger partial charge in [0.05, 0.1) is 6.07 Å². The van der Waals surface area contributed by atoms with Crippen molar-refractivity contribution in [2.24, 2.45) is 5.92 Å². The van der Waals surface area contributed by atoms with Gasteiger partial charge in [0.15, 0.2) is 0 Å². The first-order chi connectivity index (χ1) is 6.24. The summed E-state index contributed by atoms with van der Waals surface area (Å²) in [5.74, 6) is -0.00704. The molecule has 0 radical (unpaired) electrons. The summed E-state index contributed by atoms with van der Waals surface area (Å²) >= 11 is 0. The second-order valence-corrected chi connectivity index (χ2v) is 3.24. The quantitative estimate of drug-likeness (QED) is 0.711. The zero-order valence-corrected chi connectivity index (χ0v) is 7.64. The third kappa shape index (κ3) is 2.89. The summed E-state index contributed by atoms with van der Waals surface area (Å²) in [4.78, 5) is 0. The van der Waals surface area contributed by atoms with Gasteiger partial charge in [0.25, 0.3) is 0 Å². The average molecular weight is 175 g/mol. The molecule has 2 nitrogen and oxygen atoms in total. The molecule has 0 aliphatic rings. The maximum Gasteiger partial charge on any atom is 0.143 e. The van der Waals surface area contributed by atoms with Gasteiger partial charge in [-0.1, -0.05) is 37.3 Å². The van der Waals surface area contributed by atoms with Crippen LogP contribution in [0.2, 0.25) is 0 Å². The number of nitriles is 1. The Hall–Kier alpha value is -1.33. The van der Waals surface area contributed by atoms with E-state index in [1.54, 1.807) is 0 Å². The van der Waals surface area contributed by atoms with E-state index in [1.165, 1.54) is 0 Å². The Kier molecular flexibility index (Phi) is 3.48. The fraction of sp³-hybridized carbons (Fsp3) is 0.364. The highest BCUT2D eigenvalue weighted by molar-refractivity contribution is 5.15. The minimum Gasteiger partial charge on any atom is -0.378 e. The number of benzene rings is 1. The maximum atomic E-state index is 9.23. The molecular formula is C11H13NO. The third-order valence-electron chi connectivity index (χ3n) is 2.07. The fourth-order valence-electron chi connectivity index (χ4n) is 1.22. The van der Waals surface area contributed by atoms with Gasteiger partial charge in [0.2, 0.25) is 0 Å². The van der Waals surface area contributed by atoms with E-state index in [-0.39, 0.29) is 5.92 Å². The zero-order chi connectivity index (χ0) is 9.68. The molecule has 0 aliphatic carbocycles. The van der Waals surface area contributed by atoms with Crippen molar-refractivity contribution in [3.63, 3.8) is 0 Å². The summed E-state index contributed by atoms with van der Waals surface area (Å²) in [7, 11) is 0. The standard InChI is InChI=1S/C11H13NO/c1-9(11(13)8-12)7-10-5-3-2-4-6-10/h2-6,9,11,13H,7H2,1H3. The van der Waals surface area contributed by atoms with Crippen LogP contribution in [-0.4, -0.2) is 11.2 Å². The Morgan fingerprint density at radius 2 is 2.00 bits per heavy atom. The van der Waals surface area contributed by atoms with E-state index in [2.05, 4.69) is 0 Å². The Morgan fingerprint density at radius 1 is 1.38 bits per heavy atom. The topological polar surface area (TPSA) is 44.0 Å². The molecule has 1 N–H and O–H groups in total. The van der Waals surface area contributed by atoms with Gasteiger partial charge in [0.1, 0.15) is 6.10 Å². The van der Waals surface area contributed by atoms with Gasteiger partial charge >= 0.3 is 0 Å². The van der Waals surface area contributed by atoms with Crippen molar-refractivity contribution < 1.29 is 5.11 Å². The summed E-state index contributed by atoms with van der Waals surface area (Å²) in [6.07, 6.45) is -0.115. The number of aliphatic hydroxyl groups excluding tert-OH is 1. The molecule has 2 atom stereocenters. The van der Waals surface area contributed by atoms with Crippen LogP contribution in [0.5, 0.6) is 0 Å². The molecule has 0 amide bonds. The van der Waals surface area contributed by atoms with E-state index in [0.29, 0.717) is 0 Å². The molecule has 2 heteroatoms. The average Bonchev–Trinajstić information content (AvgIpc) is 2.18. The van der Waals surface area contributed by atoms with Crippen molar-refractivity contribution in [2.75, 3.05) is 0 Å². The van der Waals surface area contributed by atoms with Crippen molar-refractivity contribution in [1.29, 1.82) is 5.26 Å². The lowest BCUT2D eigenvalue weighted by Gasteiger charge is -2.11. The molecule has 0 saturated carbocycles. The predicted octanol–water partition coefficient (Wildman–Crippen LogP) is 1.75. The first-order valence-electron chi connectivity index (χ1n) is 4.35. The normalized spacial score (nSPS) is 14.5. The molecule has 2 unspecified atom stereocenters. The van der Waals surface area contributed by atoms with Crippen molar-refractivity contribution in [1.82, 2.24) is 0 Å². The van der Waals surface area contributed by atoms with Crippen molar-refractivity contribution in [3.8, 4) is 6.07 Å². The van der Waals surface area contributed by atoms with Crippen LogP contribution in [0.25, 0.3) is 0 Å². The van der Waals surface area contributed by atoms with Crippen LogP contribution < -0.4 is 0 Å². The molecule has 68 valence electrons. The van der Waals surface area contributed by atoms with Crippen molar-refractivity contribution in [3.05, 3.63) is 35.9 Å². The number of nitrogens with zero attached hydrogens (tertiary/aromatic N) is 1.